The zero-order valence-corrected chi connectivity index (χ0v) is 32.2. The molecule has 1 heterocycles. The summed E-state index contributed by atoms with van der Waals surface area (Å²) in [7, 11) is 0. The average Bonchev–Trinajstić information content (AvgIpc) is 3.13. The third kappa shape index (κ3) is 19.2. The zero-order chi connectivity index (χ0) is 34.6. The molecule has 0 saturated carbocycles. The Labute approximate surface area is 307 Å². The second kappa shape index (κ2) is 26.9. The number of benzene rings is 2. The van der Waals surface area contributed by atoms with Crippen molar-refractivity contribution in [3.63, 3.8) is 0 Å². The maximum absolute atomic E-state index is 5.97. The number of hydrogen-bond acceptors (Lipinski definition) is 4. The van der Waals surface area contributed by atoms with Crippen LogP contribution >= 0.6 is 15.9 Å². The summed E-state index contributed by atoms with van der Waals surface area (Å²) < 4.78 is 12.8. The number of hydrogen-bond donors (Lipinski definition) is 0. The molecule has 0 aliphatic heterocycles. The Kier molecular flexibility index (Phi) is 22.2. The molecule has 49 heavy (non-hydrogen) atoms. The summed E-state index contributed by atoms with van der Waals surface area (Å²) in [6, 6.07) is 20.5. The molecule has 5 heteroatoms. The molecule has 4 nitrogen and oxygen atoms in total. The summed E-state index contributed by atoms with van der Waals surface area (Å²) in [5.74, 6) is 1.85. The molecule has 3 aromatic rings. The second-order valence-corrected chi connectivity index (χ2v) is 14.2. The van der Waals surface area contributed by atoms with E-state index < -0.39 is 0 Å². The van der Waals surface area contributed by atoms with E-state index in [9.17, 15) is 0 Å². The lowest BCUT2D eigenvalue weighted by atomic mass is 10.1. The van der Waals surface area contributed by atoms with Crippen LogP contribution in [0.1, 0.15) is 165 Å². The van der Waals surface area contributed by atoms with Crippen LogP contribution in [0.25, 0.3) is 22.7 Å². The van der Waals surface area contributed by atoms with E-state index in [0.717, 1.165) is 64.6 Å². The molecule has 3 rings (SSSR count). The molecule has 0 aliphatic rings. The number of rotatable bonds is 28. The van der Waals surface area contributed by atoms with E-state index in [1.807, 2.05) is 42.5 Å². The molecule has 2 aromatic carbocycles. The Morgan fingerprint density at radius 3 is 1.35 bits per heavy atom. The van der Waals surface area contributed by atoms with Gasteiger partial charge in [0.1, 0.15) is 11.5 Å². The van der Waals surface area contributed by atoms with Gasteiger partial charge in [-0.25, -0.2) is 0 Å². The van der Waals surface area contributed by atoms with Gasteiger partial charge in [0, 0.05) is 4.48 Å². The van der Waals surface area contributed by atoms with Gasteiger partial charge < -0.3 is 9.47 Å². The van der Waals surface area contributed by atoms with Crippen LogP contribution in [0.2, 0.25) is 0 Å². The number of ether oxygens (including phenoxy) is 2. The normalized spacial score (nSPS) is 11.8. The topological polar surface area (TPSA) is 44.2 Å². The third-order valence-electron chi connectivity index (χ3n) is 8.96. The molecule has 0 amide bonds. The fourth-order valence-corrected chi connectivity index (χ4v) is 6.33. The Balaban J connectivity index is 1.29. The SMILES string of the molecule is CCCCCCCCCCCCOc1ccc(/C=C(\Br)c2ccc(/C=C/c3ccc(OCCCCCCCCCCCC)cc3)nn2)cc1. The van der Waals surface area contributed by atoms with Gasteiger partial charge >= 0.3 is 0 Å². The largest absolute Gasteiger partial charge is 0.494 e. The van der Waals surface area contributed by atoms with Crippen LogP contribution in [0.15, 0.2) is 60.7 Å². The van der Waals surface area contributed by atoms with E-state index in [-0.39, 0.29) is 0 Å². The third-order valence-corrected chi connectivity index (χ3v) is 9.60. The Hall–Kier alpha value is -2.92. The van der Waals surface area contributed by atoms with Crippen LogP contribution < -0.4 is 9.47 Å². The molecule has 0 radical (unpaired) electrons. The van der Waals surface area contributed by atoms with Crippen molar-refractivity contribution in [1.82, 2.24) is 10.2 Å². The van der Waals surface area contributed by atoms with E-state index in [1.165, 1.54) is 116 Å². The monoisotopic (exact) mass is 730 g/mol. The van der Waals surface area contributed by atoms with Gasteiger partial charge in [0.25, 0.3) is 0 Å². The van der Waals surface area contributed by atoms with Crippen LogP contribution in [-0.4, -0.2) is 23.4 Å². The molecular weight excluding hydrogens is 668 g/mol. The van der Waals surface area contributed by atoms with Crippen molar-refractivity contribution in [2.24, 2.45) is 0 Å². The summed E-state index contributed by atoms with van der Waals surface area (Å²) in [6.07, 6.45) is 32.8. The van der Waals surface area contributed by atoms with Crippen molar-refractivity contribution in [2.75, 3.05) is 13.2 Å². The molecule has 0 bridgehead atoms. The highest BCUT2D eigenvalue weighted by atomic mass is 79.9. The fraction of sp³-hybridized carbons (Fsp3) is 0.545. The smallest absolute Gasteiger partial charge is 0.119 e. The van der Waals surface area contributed by atoms with Gasteiger partial charge in [-0.1, -0.05) is 160 Å². The van der Waals surface area contributed by atoms with Gasteiger partial charge in [-0.15, -0.1) is 5.10 Å². The van der Waals surface area contributed by atoms with E-state index in [2.05, 4.69) is 76.4 Å². The Morgan fingerprint density at radius 2 is 0.918 bits per heavy atom. The van der Waals surface area contributed by atoms with Crippen molar-refractivity contribution in [1.29, 1.82) is 0 Å². The first-order valence-corrected chi connectivity index (χ1v) is 20.3. The lowest BCUT2D eigenvalue weighted by Crippen LogP contribution is -1.97. The van der Waals surface area contributed by atoms with Crippen molar-refractivity contribution in [3.8, 4) is 11.5 Å². The van der Waals surface area contributed by atoms with Crippen molar-refractivity contribution < 1.29 is 9.47 Å². The minimum atomic E-state index is 0.783. The predicted octanol–water partition coefficient (Wildman–Crippen LogP) is 14.1. The molecule has 0 spiro atoms. The van der Waals surface area contributed by atoms with Crippen LogP contribution in [-0.2, 0) is 0 Å². The van der Waals surface area contributed by atoms with Gasteiger partial charge in [-0.3, -0.25) is 0 Å². The lowest BCUT2D eigenvalue weighted by Gasteiger charge is -2.07. The summed E-state index contributed by atoms with van der Waals surface area (Å²) in [6.45, 7) is 6.12. The standard InChI is InChI=1S/C44H63BrN2O2/c1-3-5-7-9-11-13-15-17-19-21-35-48-41-30-24-38(25-31-41)23-28-40-29-34-44(47-46-40)43(45)37-39-26-32-42(33-27-39)49-36-22-20-18-16-14-12-10-8-6-4-2/h23-34,37H,3-22,35-36H2,1-2H3/b28-23+,43-37-. The van der Waals surface area contributed by atoms with E-state index in [1.54, 1.807) is 0 Å². The molecule has 268 valence electrons. The number of unbranched alkanes of at least 4 members (excludes halogenated alkanes) is 18. The number of aromatic nitrogens is 2. The zero-order valence-electron chi connectivity index (χ0n) is 30.7. The predicted molar refractivity (Wildman–Crippen MR) is 215 cm³/mol. The molecule has 0 saturated heterocycles. The van der Waals surface area contributed by atoms with Crippen molar-refractivity contribution >= 4 is 38.6 Å². The number of nitrogens with zero attached hydrogens (tertiary/aromatic N) is 2. The highest BCUT2D eigenvalue weighted by Gasteiger charge is 2.03. The van der Waals surface area contributed by atoms with Gasteiger partial charge in [-0.05, 0) is 88.4 Å². The maximum atomic E-state index is 5.97. The van der Waals surface area contributed by atoms with Crippen molar-refractivity contribution in [3.05, 3.63) is 83.2 Å². The molecule has 1 aromatic heterocycles. The molecule has 0 N–H and O–H groups in total. The summed E-state index contributed by atoms with van der Waals surface area (Å²) in [5.41, 5.74) is 3.80. The molecule has 0 atom stereocenters. The Morgan fingerprint density at radius 1 is 0.490 bits per heavy atom. The highest BCUT2D eigenvalue weighted by Crippen LogP contribution is 2.24. The summed E-state index contributed by atoms with van der Waals surface area (Å²) in [4.78, 5) is 0. The molecule has 0 fully saturated rings. The molecule has 0 unspecified atom stereocenters. The highest BCUT2D eigenvalue weighted by molar-refractivity contribution is 9.15. The molecule has 0 aliphatic carbocycles. The quantitative estimate of drug-likeness (QED) is 0.0698. The maximum Gasteiger partial charge on any atom is 0.119 e. The minimum absolute atomic E-state index is 0.783. The van der Waals surface area contributed by atoms with E-state index >= 15 is 0 Å². The summed E-state index contributed by atoms with van der Waals surface area (Å²) >= 11 is 3.68. The van der Waals surface area contributed by atoms with Gasteiger partial charge in [-0.2, -0.15) is 5.10 Å². The van der Waals surface area contributed by atoms with Crippen LogP contribution in [0.5, 0.6) is 11.5 Å². The summed E-state index contributed by atoms with van der Waals surface area (Å²) in [5, 5.41) is 8.84. The van der Waals surface area contributed by atoms with E-state index in [4.69, 9.17) is 9.47 Å². The number of halogens is 1. The Bertz CT molecular complexity index is 1290. The first kappa shape index (κ1) is 40.5. The van der Waals surface area contributed by atoms with Crippen molar-refractivity contribution in [2.45, 2.75) is 142 Å². The fourth-order valence-electron chi connectivity index (χ4n) is 5.86. The van der Waals surface area contributed by atoms with E-state index in [0.29, 0.717) is 0 Å². The first-order chi connectivity index (χ1) is 24.2. The molecular formula is C44H63BrN2O2. The van der Waals surface area contributed by atoms with Gasteiger partial charge in [0.15, 0.2) is 0 Å². The minimum Gasteiger partial charge on any atom is -0.494 e. The first-order valence-electron chi connectivity index (χ1n) is 19.5. The van der Waals surface area contributed by atoms with Gasteiger partial charge in [0.05, 0.1) is 24.6 Å². The second-order valence-electron chi connectivity index (χ2n) is 13.4. The van der Waals surface area contributed by atoms with Crippen LogP contribution in [0.3, 0.4) is 0 Å². The van der Waals surface area contributed by atoms with Gasteiger partial charge in [0.2, 0.25) is 0 Å². The van der Waals surface area contributed by atoms with Crippen LogP contribution in [0, 0.1) is 0 Å². The van der Waals surface area contributed by atoms with Crippen LogP contribution in [0.4, 0.5) is 0 Å². The lowest BCUT2D eigenvalue weighted by molar-refractivity contribution is 0.304. The average molecular weight is 732 g/mol.